The molecule has 5 heteroatoms. The lowest BCUT2D eigenvalue weighted by molar-refractivity contribution is 0.576. The Morgan fingerprint density at radius 3 is 1.76 bits per heavy atom. The van der Waals surface area contributed by atoms with Crippen LogP contribution in [-0.2, 0) is 0 Å². The topological polar surface area (TPSA) is 74.1 Å². The van der Waals surface area contributed by atoms with Gasteiger partial charge < -0.3 is 27.0 Å². The molecule has 0 unspecified atom stereocenters. The minimum Gasteiger partial charge on any atom is -0.390 e. The van der Waals surface area contributed by atoms with Crippen molar-refractivity contribution in [2.24, 2.45) is 5.73 Å². The summed E-state index contributed by atoms with van der Waals surface area (Å²) in [6.07, 6.45) is 16.7. The maximum Gasteiger partial charge on any atom is 0.0266 e. The van der Waals surface area contributed by atoms with Crippen LogP contribution in [0.15, 0.2) is 12.3 Å². The molecule has 0 aromatic carbocycles. The lowest BCUT2D eigenvalue weighted by Gasteiger charge is -2.07. The van der Waals surface area contributed by atoms with Crippen molar-refractivity contribution in [2.75, 3.05) is 52.4 Å². The van der Waals surface area contributed by atoms with E-state index in [9.17, 15) is 0 Å². The van der Waals surface area contributed by atoms with E-state index in [-0.39, 0.29) is 0 Å². The summed E-state index contributed by atoms with van der Waals surface area (Å²) in [5.74, 6) is 0. The van der Waals surface area contributed by atoms with Crippen molar-refractivity contribution in [3.63, 3.8) is 0 Å². The maximum absolute atomic E-state index is 5.41. The van der Waals surface area contributed by atoms with Gasteiger partial charge in [-0.05, 0) is 19.0 Å². The first kappa shape index (κ1) is 24.4. The fourth-order valence-electron chi connectivity index (χ4n) is 2.64. The van der Waals surface area contributed by atoms with Crippen molar-refractivity contribution in [3.05, 3.63) is 12.3 Å². The van der Waals surface area contributed by atoms with Crippen molar-refractivity contribution >= 4 is 0 Å². The van der Waals surface area contributed by atoms with Crippen LogP contribution >= 0.6 is 0 Å². The van der Waals surface area contributed by atoms with Gasteiger partial charge in [0.05, 0.1) is 0 Å². The lowest BCUT2D eigenvalue weighted by Crippen LogP contribution is -2.35. The van der Waals surface area contributed by atoms with Crippen LogP contribution in [0.3, 0.4) is 0 Å². The first-order valence-electron chi connectivity index (χ1n) is 10.6. The number of hydrogen-bond donors (Lipinski definition) is 5. The van der Waals surface area contributed by atoms with Gasteiger partial charge in [-0.1, -0.05) is 57.9 Å². The Morgan fingerprint density at radius 1 is 0.640 bits per heavy atom. The Kier molecular flexibility index (Phi) is 22.8. The molecule has 0 saturated carbocycles. The van der Waals surface area contributed by atoms with Gasteiger partial charge in [0, 0.05) is 52.4 Å². The maximum atomic E-state index is 5.41. The molecule has 150 valence electrons. The highest BCUT2D eigenvalue weighted by Crippen LogP contribution is 2.09. The van der Waals surface area contributed by atoms with Crippen LogP contribution in [0.25, 0.3) is 0 Å². The average molecular weight is 356 g/mol. The Bertz CT molecular complexity index is 258. The minimum atomic E-state index is 0.710. The SMILES string of the molecule is CCCCCCCCCCC=CNCCNCCNCCNCCN. The molecule has 0 amide bonds. The molecule has 0 spiro atoms. The van der Waals surface area contributed by atoms with Crippen molar-refractivity contribution < 1.29 is 0 Å². The van der Waals surface area contributed by atoms with E-state index in [0.717, 1.165) is 45.8 Å². The molecule has 6 N–H and O–H groups in total. The molecule has 0 aliphatic carbocycles. The Labute approximate surface area is 157 Å². The third-order valence-electron chi connectivity index (χ3n) is 4.18. The van der Waals surface area contributed by atoms with Crippen LogP contribution in [0.1, 0.15) is 64.7 Å². The van der Waals surface area contributed by atoms with Gasteiger partial charge in [0.15, 0.2) is 0 Å². The molecule has 0 saturated heterocycles. The first-order chi connectivity index (χ1) is 12.4. The van der Waals surface area contributed by atoms with Gasteiger partial charge in [-0.25, -0.2) is 0 Å². The second kappa shape index (κ2) is 23.4. The van der Waals surface area contributed by atoms with E-state index in [1.165, 1.54) is 57.8 Å². The molecule has 0 aromatic heterocycles. The van der Waals surface area contributed by atoms with E-state index in [2.05, 4.69) is 40.5 Å². The average Bonchev–Trinajstić information content (AvgIpc) is 2.63. The number of nitrogens with two attached hydrogens (primary N) is 1. The Morgan fingerprint density at radius 2 is 1.16 bits per heavy atom. The van der Waals surface area contributed by atoms with Crippen molar-refractivity contribution in [1.82, 2.24) is 21.3 Å². The molecule has 0 heterocycles. The lowest BCUT2D eigenvalue weighted by atomic mass is 10.1. The summed E-state index contributed by atoms with van der Waals surface area (Å²) < 4.78 is 0. The fraction of sp³-hybridized carbons (Fsp3) is 0.900. The highest BCUT2D eigenvalue weighted by Gasteiger charge is 1.91. The summed E-state index contributed by atoms with van der Waals surface area (Å²) in [6.45, 7) is 9.91. The Balaban J connectivity index is 3.04. The van der Waals surface area contributed by atoms with Gasteiger partial charge in [0.25, 0.3) is 0 Å². The molecule has 0 aliphatic heterocycles. The molecule has 0 aliphatic rings. The molecule has 25 heavy (non-hydrogen) atoms. The summed E-state index contributed by atoms with van der Waals surface area (Å²) in [7, 11) is 0. The van der Waals surface area contributed by atoms with E-state index in [4.69, 9.17) is 5.73 Å². The van der Waals surface area contributed by atoms with Gasteiger partial charge in [-0.15, -0.1) is 0 Å². The quantitative estimate of drug-likeness (QED) is 0.204. The zero-order chi connectivity index (χ0) is 18.3. The predicted octanol–water partition coefficient (Wildman–Crippen LogP) is 2.35. The summed E-state index contributed by atoms with van der Waals surface area (Å²) in [5.41, 5.74) is 5.41. The third kappa shape index (κ3) is 23.4. The largest absolute Gasteiger partial charge is 0.390 e. The van der Waals surface area contributed by atoms with Crippen LogP contribution in [0.4, 0.5) is 0 Å². The van der Waals surface area contributed by atoms with Crippen LogP contribution < -0.4 is 27.0 Å². The van der Waals surface area contributed by atoms with Crippen molar-refractivity contribution in [1.29, 1.82) is 0 Å². The van der Waals surface area contributed by atoms with Crippen LogP contribution in [-0.4, -0.2) is 52.4 Å². The van der Waals surface area contributed by atoms with Gasteiger partial charge in [0.1, 0.15) is 0 Å². The molecule has 0 bridgehead atoms. The highest BCUT2D eigenvalue weighted by molar-refractivity contribution is 4.79. The summed E-state index contributed by atoms with van der Waals surface area (Å²) in [5, 5.41) is 13.4. The zero-order valence-electron chi connectivity index (χ0n) is 16.8. The number of nitrogens with one attached hydrogen (secondary N) is 4. The normalized spacial score (nSPS) is 11.4. The fourth-order valence-corrected chi connectivity index (χ4v) is 2.64. The second-order valence-corrected chi connectivity index (χ2v) is 6.66. The monoisotopic (exact) mass is 355 g/mol. The van der Waals surface area contributed by atoms with E-state index < -0.39 is 0 Å². The zero-order valence-corrected chi connectivity index (χ0v) is 16.8. The number of hydrogen-bond acceptors (Lipinski definition) is 5. The second-order valence-electron chi connectivity index (χ2n) is 6.66. The molecule has 0 radical (unpaired) electrons. The van der Waals surface area contributed by atoms with E-state index in [0.29, 0.717) is 6.54 Å². The first-order valence-corrected chi connectivity index (χ1v) is 10.6. The summed E-state index contributed by atoms with van der Waals surface area (Å²) in [4.78, 5) is 0. The van der Waals surface area contributed by atoms with E-state index in [1.807, 2.05) is 0 Å². The number of rotatable bonds is 21. The molecular weight excluding hydrogens is 310 g/mol. The molecule has 0 atom stereocenters. The van der Waals surface area contributed by atoms with Crippen LogP contribution in [0.2, 0.25) is 0 Å². The highest BCUT2D eigenvalue weighted by atomic mass is 15.0. The van der Waals surface area contributed by atoms with Crippen molar-refractivity contribution in [2.45, 2.75) is 64.7 Å². The standard InChI is InChI=1S/C20H45N5/c1-2-3-4-5-6-7-8-9-10-11-13-22-15-17-24-19-20-25-18-16-23-14-12-21/h11,13,22-25H,2-10,12,14-21H2,1H3. The number of unbranched alkanes of at least 4 members (excludes halogenated alkanes) is 8. The summed E-state index contributed by atoms with van der Waals surface area (Å²) in [6, 6.07) is 0. The molecular formula is C20H45N5. The van der Waals surface area contributed by atoms with Gasteiger partial charge >= 0.3 is 0 Å². The Hall–Kier alpha value is -0.620. The van der Waals surface area contributed by atoms with Gasteiger partial charge in [0.2, 0.25) is 0 Å². The summed E-state index contributed by atoms with van der Waals surface area (Å²) >= 11 is 0. The third-order valence-corrected chi connectivity index (χ3v) is 4.18. The van der Waals surface area contributed by atoms with Gasteiger partial charge in [-0.2, -0.15) is 0 Å². The molecule has 0 aromatic rings. The van der Waals surface area contributed by atoms with E-state index in [1.54, 1.807) is 0 Å². The minimum absolute atomic E-state index is 0.710. The van der Waals surface area contributed by atoms with Crippen molar-refractivity contribution in [3.8, 4) is 0 Å². The van der Waals surface area contributed by atoms with Gasteiger partial charge in [-0.3, -0.25) is 0 Å². The van der Waals surface area contributed by atoms with E-state index >= 15 is 0 Å². The molecule has 0 rings (SSSR count). The molecule has 5 nitrogen and oxygen atoms in total. The van der Waals surface area contributed by atoms with Crippen LogP contribution in [0.5, 0.6) is 0 Å². The number of allylic oxidation sites excluding steroid dienone is 1. The predicted molar refractivity (Wildman–Crippen MR) is 112 cm³/mol. The van der Waals surface area contributed by atoms with Crippen LogP contribution in [0, 0.1) is 0 Å². The smallest absolute Gasteiger partial charge is 0.0266 e. The molecule has 0 fully saturated rings.